The maximum Gasteiger partial charge on any atom is 0.315 e. The average Bonchev–Trinajstić information content (AvgIpc) is 3.09. The highest BCUT2D eigenvalue weighted by Crippen LogP contribution is 2.44. The summed E-state index contributed by atoms with van der Waals surface area (Å²) in [5.41, 5.74) is 8.66. The Balaban J connectivity index is 1.70. The molecule has 0 spiro atoms. The Kier molecular flexibility index (Phi) is 7.80. The van der Waals surface area contributed by atoms with Gasteiger partial charge in [-0.25, -0.2) is 4.39 Å². The minimum Gasteiger partial charge on any atom is -0.426 e. The minimum atomic E-state index is -0.340. The van der Waals surface area contributed by atoms with Crippen molar-refractivity contribution in [2.45, 2.75) is 64.7 Å². The minimum absolute atomic E-state index is 0.0734. The molecule has 0 aromatic heterocycles. The van der Waals surface area contributed by atoms with Gasteiger partial charge in [0.05, 0.1) is 6.42 Å². The van der Waals surface area contributed by atoms with E-state index in [-0.39, 0.29) is 23.6 Å². The van der Waals surface area contributed by atoms with E-state index in [0.29, 0.717) is 5.75 Å². The summed E-state index contributed by atoms with van der Waals surface area (Å²) in [6.45, 7) is 12.6. The summed E-state index contributed by atoms with van der Waals surface area (Å²) in [6.07, 6.45) is 5.16. The van der Waals surface area contributed by atoms with Gasteiger partial charge in [-0.1, -0.05) is 45.0 Å². The number of esters is 1. The molecule has 4 heteroatoms. The molecule has 0 fully saturated rings. The van der Waals surface area contributed by atoms with Gasteiger partial charge in [-0.15, -0.1) is 11.8 Å². The molecule has 0 saturated heterocycles. The van der Waals surface area contributed by atoms with Crippen LogP contribution in [0, 0.1) is 19.7 Å². The fourth-order valence-corrected chi connectivity index (χ4v) is 5.61. The molecule has 0 aliphatic heterocycles. The number of fused-ring (bicyclic) bond motifs is 1. The highest BCUT2D eigenvalue weighted by molar-refractivity contribution is 7.98. The second-order valence-electron chi connectivity index (χ2n) is 10.5. The topological polar surface area (TPSA) is 26.3 Å². The number of rotatable bonds is 7. The highest BCUT2D eigenvalue weighted by atomic mass is 32.2. The molecular weight excluding hydrogens is 479 g/mol. The van der Waals surface area contributed by atoms with Gasteiger partial charge >= 0.3 is 5.97 Å². The molecule has 0 radical (unpaired) electrons. The highest BCUT2D eigenvalue weighted by Gasteiger charge is 2.29. The molecule has 0 saturated carbocycles. The van der Waals surface area contributed by atoms with E-state index in [2.05, 4.69) is 70.4 Å². The first-order valence-corrected chi connectivity index (χ1v) is 13.9. The van der Waals surface area contributed by atoms with Crippen molar-refractivity contribution in [2.75, 3.05) is 6.26 Å². The van der Waals surface area contributed by atoms with Gasteiger partial charge in [0.1, 0.15) is 11.6 Å². The van der Waals surface area contributed by atoms with Crippen LogP contribution in [0.1, 0.15) is 73.9 Å². The number of carbonyl (C=O) groups excluding carboxylic acids is 1. The molecule has 4 rings (SSSR count). The Labute approximate surface area is 224 Å². The van der Waals surface area contributed by atoms with Gasteiger partial charge in [0, 0.05) is 10.5 Å². The Morgan fingerprint density at radius 2 is 1.70 bits per heavy atom. The molecule has 1 aliphatic carbocycles. The number of halogens is 1. The zero-order valence-corrected chi connectivity index (χ0v) is 23.6. The first-order valence-electron chi connectivity index (χ1n) is 12.7. The molecule has 0 bridgehead atoms. The lowest BCUT2D eigenvalue weighted by Gasteiger charge is -2.28. The zero-order valence-electron chi connectivity index (χ0n) is 22.8. The number of carbonyl (C=O) groups is 1. The molecule has 0 atom stereocenters. The molecule has 192 valence electrons. The third-order valence-electron chi connectivity index (χ3n) is 7.43. The van der Waals surface area contributed by atoms with Crippen LogP contribution in [0.2, 0.25) is 0 Å². The summed E-state index contributed by atoms with van der Waals surface area (Å²) in [6, 6.07) is 17.2. The number of hydrogen-bond donors (Lipinski definition) is 0. The first-order chi connectivity index (χ1) is 17.5. The van der Waals surface area contributed by atoms with Crippen molar-refractivity contribution in [3.63, 3.8) is 0 Å². The molecule has 0 amide bonds. The second-order valence-corrected chi connectivity index (χ2v) is 11.3. The standard InChI is InChI=1S/C33H35FO2S/c1-8-33(5,6)32-21(3)15-20(2)16-30(32)36-31(35)19-28-22(4)27(26-14-11-24(34)18-29(26)28)17-23-9-12-25(37-7)13-10-23/h9-18H,8,19H2,1-7H3/b27-17-. The smallest absolute Gasteiger partial charge is 0.315 e. The van der Waals surface area contributed by atoms with Gasteiger partial charge in [0.15, 0.2) is 0 Å². The summed E-state index contributed by atoms with van der Waals surface area (Å²) in [5.74, 6) is -0.0349. The quantitative estimate of drug-likeness (QED) is 0.179. The Bertz CT molecular complexity index is 1410. The van der Waals surface area contributed by atoms with Crippen LogP contribution in [0.5, 0.6) is 5.75 Å². The predicted octanol–water partition coefficient (Wildman–Crippen LogP) is 9.18. The van der Waals surface area contributed by atoms with E-state index in [1.54, 1.807) is 17.8 Å². The van der Waals surface area contributed by atoms with Crippen LogP contribution >= 0.6 is 11.8 Å². The molecule has 3 aromatic carbocycles. The van der Waals surface area contributed by atoms with Gasteiger partial charge < -0.3 is 4.74 Å². The zero-order chi connectivity index (χ0) is 26.9. The lowest BCUT2D eigenvalue weighted by molar-refractivity contribution is -0.133. The van der Waals surface area contributed by atoms with Crippen LogP contribution in [-0.4, -0.2) is 12.2 Å². The van der Waals surface area contributed by atoms with Crippen molar-refractivity contribution in [1.29, 1.82) is 0 Å². The summed E-state index contributed by atoms with van der Waals surface area (Å²) in [5, 5.41) is 0. The third-order valence-corrected chi connectivity index (χ3v) is 8.17. The maximum atomic E-state index is 14.3. The van der Waals surface area contributed by atoms with Gasteiger partial charge in [0.25, 0.3) is 0 Å². The van der Waals surface area contributed by atoms with Crippen LogP contribution in [0.4, 0.5) is 4.39 Å². The van der Waals surface area contributed by atoms with E-state index < -0.39 is 0 Å². The Hall–Kier alpha value is -3.11. The fraction of sp³-hybridized carbons (Fsp3) is 0.303. The predicted molar refractivity (Wildman–Crippen MR) is 155 cm³/mol. The molecule has 2 nitrogen and oxygen atoms in total. The monoisotopic (exact) mass is 514 g/mol. The second kappa shape index (κ2) is 10.7. The van der Waals surface area contributed by atoms with Crippen molar-refractivity contribution in [1.82, 2.24) is 0 Å². The summed E-state index contributed by atoms with van der Waals surface area (Å²) >= 11 is 1.70. The van der Waals surface area contributed by atoms with Crippen molar-refractivity contribution in [3.05, 3.63) is 99.4 Å². The van der Waals surface area contributed by atoms with Crippen molar-refractivity contribution in [3.8, 4) is 5.75 Å². The van der Waals surface area contributed by atoms with E-state index in [4.69, 9.17) is 4.74 Å². The molecule has 0 N–H and O–H groups in total. The fourth-order valence-electron chi connectivity index (χ4n) is 5.20. The first kappa shape index (κ1) is 26.9. The molecule has 3 aromatic rings. The largest absolute Gasteiger partial charge is 0.426 e. The van der Waals surface area contributed by atoms with E-state index in [1.165, 1.54) is 17.0 Å². The number of aryl methyl sites for hydroxylation is 2. The Morgan fingerprint density at radius 1 is 1.00 bits per heavy atom. The SMILES string of the molecule is CCC(C)(C)c1c(C)cc(C)cc1OC(=O)CC1=C(C)/C(=C/c2ccc(SC)cc2)c2ccc(F)cc21. The lowest BCUT2D eigenvalue weighted by Crippen LogP contribution is -2.20. The lowest BCUT2D eigenvalue weighted by atomic mass is 9.79. The van der Waals surface area contributed by atoms with Crippen molar-refractivity contribution < 1.29 is 13.9 Å². The molecule has 0 unspecified atom stereocenters. The summed E-state index contributed by atoms with van der Waals surface area (Å²) in [4.78, 5) is 14.6. The number of benzene rings is 3. The van der Waals surface area contributed by atoms with Crippen LogP contribution in [0.15, 0.2) is 65.1 Å². The van der Waals surface area contributed by atoms with Crippen molar-refractivity contribution >= 4 is 35.0 Å². The maximum absolute atomic E-state index is 14.3. The normalized spacial score (nSPS) is 14.3. The number of ether oxygens (including phenoxy) is 1. The molecular formula is C33H35FO2S. The Morgan fingerprint density at radius 3 is 2.35 bits per heavy atom. The third kappa shape index (κ3) is 5.60. The number of hydrogen-bond acceptors (Lipinski definition) is 3. The van der Waals surface area contributed by atoms with Crippen LogP contribution in [0.25, 0.3) is 17.2 Å². The molecule has 1 aliphatic rings. The molecule has 0 heterocycles. The van der Waals surface area contributed by atoms with Crippen molar-refractivity contribution in [2.24, 2.45) is 0 Å². The van der Waals surface area contributed by atoms with Gasteiger partial charge in [-0.05, 0) is 120 Å². The van der Waals surface area contributed by atoms with E-state index >= 15 is 0 Å². The van der Waals surface area contributed by atoms with Gasteiger partial charge in [-0.3, -0.25) is 4.79 Å². The van der Waals surface area contributed by atoms with Crippen LogP contribution in [-0.2, 0) is 10.2 Å². The van der Waals surface area contributed by atoms with E-state index in [0.717, 1.165) is 56.5 Å². The van der Waals surface area contributed by atoms with Crippen LogP contribution in [0.3, 0.4) is 0 Å². The number of allylic oxidation sites excluding steroid dienone is 2. The van der Waals surface area contributed by atoms with Crippen LogP contribution < -0.4 is 4.74 Å². The summed E-state index contributed by atoms with van der Waals surface area (Å²) < 4.78 is 20.4. The van der Waals surface area contributed by atoms with Gasteiger partial charge in [0.2, 0.25) is 0 Å². The number of thioether (sulfide) groups is 1. The van der Waals surface area contributed by atoms with E-state index in [1.807, 2.05) is 19.9 Å². The van der Waals surface area contributed by atoms with E-state index in [9.17, 15) is 9.18 Å². The molecule has 37 heavy (non-hydrogen) atoms. The average molecular weight is 515 g/mol. The van der Waals surface area contributed by atoms with Gasteiger partial charge in [-0.2, -0.15) is 0 Å². The summed E-state index contributed by atoms with van der Waals surface area (Å²) in [7, 11) is 0.